The maximum atomic E-state index is 14.7. The van der Waals surface area contributed by atoms with Gasteiger partial charge in [0.1, 0.15) is 0 Å². The Kier molecular flexibility index (Phi) is 6.92. The number of halogens is 2. The fourth-order valence-electron chi connectivity index (χ4n) is 3.78. The lowest BCUT2D eigenvalue weighted by molar-refractivity contribution is 0.0940. The van der Waals surface area contributed by atoms with Crippen LogP contribution in [0.3, 0.4) is 0 Å². The van der Waals surface area contributed by atoms with Crippen LogP contribution >= 0.6 is 0 Å². The van der Waals surface area contributed by atoms with Crippen LogP contribution in [0, 0.1) is 11.6 Å². The second-order valence-corrected chi connectivity index (χ2v) is 8.02. The van der Waals surface area contributed by atoms with Gasteiger partial charge >= 0.3 is 0 Å². The molecule has 0 saturated heterocycles. The molecule has 0 radical (unpaired) electrons. The molecule has 2 aromatic heterocycles. The second-order valence-electron chi connectivity index (χ2n) is 8.02. The Labute approximate surface area is 201 Å². The summed E-state index contributed by atoms with van der Waals surface area (Å²) in [5.41, 5.74) is 8.57. The molecule has 1 amide bonds. The number of aryl methyl sites for hydroxylation is 1. The van der Waals surface area contributed by atoms with E-state index in [0.717, 1.165) is 5.56 Å². The number of benzene rings is 2. The van der Waals surface area contributed by atoms with Crippen LogP contribution in [0.25, 0.3) is 16.9 Å². The Morgan fingerprint density at radius 2 is 2.00 bits per heavy atom. The van der Waals surface area contributed by atoms with Gasteiger partial charge in [-0.3, -0.25) is 9.20 Å². The topological polar surface area (TPSA) is 107 Å². The van der Waals surface area contributed by atoms with Crippen molar-refractivity contribution in [1.82, 2.24) is 19.7 Å². The highest BCUT2D eigenvalue weighted by Crippen LogP contribution is 2.31. The van der Waals surface area contributed by atoms with Gasteiger partial charge in [-0.25, -0.2) is 14.4 Å². The molecule has 35 heavy (non-hydrogen) atoms. The van der Waals surface area contributed by atoms with Gasteiger partial charge in [-0.05, 0) is 49.2 Å². The predicted molar refractivity (Wildman–Crippen MR) is 130 cm³/mol. The van der Waals surface area contributed by atoms with Crippen molar-refractivity contribution in [3.8, 4) is 17.0 Å². The van der Waals surface area contributed by atoms with Crippen LogP contribution in [0.1, 0.15) is 29.8 Å². The van der Waals surface area contributed by atoms with E-state index in [2.05, 4.69) is 20.6 Å². The second kappa shape index (κ2) is 10.1. The summed E-state index contributed by atoms with van der Waals surface area (Å²) in [6.45, 7) is 4.16. The van der Waals surface area contributed by atoms with Crippen LogP contribution in [0.2, 0.25) is 0 Å². The van der Waals surface area contributed by atoms with Gasteiger partial charge < -0.3 is 21.1 Å². The number of fused-ring (bicyclic) bond motifs is 1. The normalized spacial score (nSPS) is 11.9. The van der Waals surface area contributed by atoms with Gasteiger partial charge in [-0.1, -0.05) is 6.92 Å². The van der Waals surface area contributed by atoms with E-state index in [1.807, 2.05) is 19.9 Å². The minimum absolute atomic E-state index is 0.0447. The Balaban J connectivity index is 1.67. The molecule has 4 aromatic rings. The number of anilines is 2. The third-order valence-corrected chi connectivity index (χ3v) is 5.70. The summed E-state index contributed by atoms with van der Waals surface area (Å²) >= 11 is 0. The molecule has 1 atom stereocenters. The van der Waals surface area contributed by atoms with Crippen molar-refractivity contribution >= 4 is 23.1 Å². The fraction of sp³-hybridized carbons (Fsp3) is 0.240. The number of hydrogen-bond donors (Lipinski definition) is 3. The minimum Gasteiger partial charge on any atom is -0.494 e. The highest BCUT2D eigenvalue weighted by atomic mass is 19.2. The molecule has 2 heterocycles. The first-order valence-corrected chi connectivity index (χ1v) is 11.1. The number of amides is 1. The molecular weight excluding hydrogens is 454 g/mol. The number of imidazole rings is 1. The SMILES string of the molecule is CCc1cc(Nc2nccn3c(-c4ccc(OC)c(F)c4F)cnc23)ccc1C(=O)NC(C)CN. The first-order valence-electron chi connectivity index (χ1n) is 11.1. The number of carbonyl (C=O) groups is 1. The first kappa shape index (κ1) is 24.1. The van der Waals surface area contributed by atoms with Crippen LogP contribution in [0.15, 0.2) is 48.9 Å². The van der Waals surface area contributed by atoms with Crippen molar-refractivity contribution < 1.29 is 18.3 Å². The van der Waals surface area contributed by atoms with Gasteiger partial charge in [0.2, 0.25) is 5.82 Å². The van der Waals surface area contributed by atoms with Gasteiger partial charge in [-0.2, -0.15) is 4.39 Å². The molecule has 4 rings (SSSR count). The molecule has 1 unspecified atom stereocenters. The number of nitrogens with zero attached hydrogens (tertiary/aromatic N) is 3. The van der Waals surface area contributed by atoms with E-state index in [1.54, 1.807) is 22.7 Å². The summed E-state index contributed by atoms with van der Waals surface area (Å²) in [7, 11) is 1.28. The minimum atomic E-state index is -1.07. The lowest BCUT2D eigenvalue weighted by Gasteiger charge is -2.15. The van der Waals surface area contributed by atoms with Crippen molar-refractivity contribution in [3.63, 3.8) is 0 Å². The summed E-state index contributed by atoms with van der Waals surface area (Å²) in [5.74, 6) is -2.03. The number of nitrogens with one attached hydrogen (secondary N) is 2. The molecule has 10 heteroatoms. The van der Waals surface area contributed by atoms with Crippen LogP contribution in [-0.2, 0) is 6.42 Å². The summed E-state index contributed by atoms with van der Waals surface area (Å²) in [4.78, 5) is 21.3. The molecule has 8 nitrogen and oxygen atoms in total. The Hall–Kier alpha value is -4.05. The van der Waals surface area contributed by atoms with Gasteiger partial charge in [0.15, 0.2) is 23.0 Å². The standard InChI is InChI=1S/C25H26F2N6O2/c1-4-15-11-16(5-6-17(15)25(34)31-14(2)12-28)32-23-24-30-13-19(33(24)10-9-29-23)18-7-8-20(35-3)22(27)21(18)26/h5-11,13-14H,4,12,28H2,1-3H3,(H,29,32)(H,31,34). The van der Waals surface area contributed by atoms with Gasteiger partial charge in [0.25, 0.3) is 5.91 Å². The van der Waals surface area contributed by atoms with E-state index in [4.69, 9.17) is 10.5 Å². The van der Waals surface area contributed by atoms with Gasteiger partial charge in [0.05, 0.1) is 19.0 Å². The zero-order chi connectivity index (χ0) is 25.1. The van der Waals surface area contributed by atoms with Gasteiger partial charge in [0, 0.05) is 41.8 Å². The number of rotatable bonds is 8. The van der Waals surface area contributed by atoms with Crippen LogP contribution in [0.4, 0.5) is 20.3 Å². The van der Waals surface area contributed by atoms with Crippen LogP contribution < -0.4 is 21.1 Å². The van der Waals surface area contributed by atoms with E-state index < -0.39 is 11.6 Å². The average molecular weight is 481 g/mol. The van der Waals surface area contributed by atoms with E-state index in [-0.39, 0.29) is 23.3 Å². The zero-order valence-electron chi connectivity index (χ0n) is 19.6. The molecule has 0 spiro atoms. The molecular formula is C25H26F2N6O2. The van der Waals surface area contributed by atoms with E-state index in [0.29, 0.717) is 41.4 Å². The highest BCUT2D eigenvalue weighted by molar-refractivity contribution is 5.96. The maximum Gasteiger partial charge on any atom is 0.251 e. The van der Waals surface area contributed by atoms with Crippen molar-refractivity contribution in [2.75, 3.05) is 19.0 Å². The Morgan fingerprint density at radius 3 is 2.71 bits per heavy atom. The summed E-state index contributed by atoms with van der Waals surface area (Å²) in [5, 5.41) is 6.09. The molecule has 2 aromatic carbocycles. The molecule has 0 bridgehead atoms. The van der Waals surface area contributed by atoms with Crippen molar-refractivity contribution in [2.24, 2.45) is 5.73 Å². The number of methoxy groups -OCH3 is 1. The molecule has 0 saturated carbocycles. The van der Waals surface area contributed by atoms with Gasteiger partial charge in [-0.15, -0.1) is 0 Å². The van der Waals surface area contributed by atoms with E-state index in [1.165, 1.54) is 31.6 Å². The Morgan fingerprint density at radius 1 is 1.20 bits per heavy atom. The number of carbonyl (C=O) groups excluding carboxylic acids is 1. The molecule has 0 fully saturated rings. The third kappa shape index (κ3) is 4.65. The quantitative estimate of drug-likeness (QED) is 0.351. The monoisotopic (exact) mass is 480 g/mol. The molecule has 182 valence electrons. The van der Waals surface area contributed by atoms with Crippen molar-refractivity contribution in [1.29, 1.82) is 0 Å². The number of ether oxygens (including phenoxy) is 1. The van der Waals surface area contributed by atoms with E-state index in [9.17, 15) is 13.6 Å². The van der Waals surface area contributed by atoms with Crippen molar-refractivity contribution in [3.05, 3.63) is 71.7 Å². The molecule has 0 aliphatic rings. The lowest BCUT2D eigenvalue weighted by atomic mass is 10.0. The van der Waals surface area contributed by atoms with Crippen LogP contribution in [-0.4, -0.2) is 40.0 Å². The van der Waals surface area contributed by atoms with Crippen LogP contribution in [0.5, 0.6) is 5.75 Å². The summed E-state index contributed by atoms with van der Waals surface area (Å²) < 4.78 is 35.5. The third-order valence-electron chi connectivity index (χ3n) is 5.70. The number of nitrogens with two attached hydrogens (primary N) is 1. The number of hydrogen-bond acceptors (Lipinski definition) is 6. The first-order chi connectivity index (χ1) is 16.9. The fourth-order valence-corrected chi connectivity index (χ4v) is 3.78. The summed E-state index contributed by atoms with van der Waals surface area (Å²) in [6, 6.07) is 8.06. The van der Waals surface area contributed by atoms with E-state index >= 15 is 0 Å². The zero-order valence-corrected chi connectivity index (χ0v) is 19.6. The number of aromatic nitrogens is 3. The predicted octanol–water partition coefficient (Wildman–Crippen LogP) is 4.07. The average Bonchev–Trinajstić information content (AvgIpc) is 3.30. The Bertz CT molecular complexity index is 1390. The molecule has 0 aliphatic heterocycles. The largest absolute Gasteiger partial charge is 0.494 e. The highest BCUT2D eigenvalue weighted by Gasteiger charge is 2.19. The smallest absolute Gasteiger partial charge is 0.251 e. The lowest BCUT2D eigenvalue weighted by Crippen LogP contribution is -2.38. The van der Waals surface area contributed by atoms with Crippen molar-refractivity contribution in [2.45, 2.75) is 26.3 Å². The molecule has 0 aliphatic carbocycles. The maximum absolute atomic E-state index is 14.7. The summed E-state index contributed by atoms with van der Waals surface area (Å²) in [6.07, 6.45) is 5.25. The molecule has 4 N–H and O–H groups in total.